The van der Waals surface area contributed by atoms with Crippen molar-refractivity contribution in [1.82, 2.24) is 19.7 Å². The van der Waals surface area contributed by atoms with Crippen LogP contribution in [0.25, 0.3) is 0 Å². The molecule has 7 nitrogen and oxygen atoms in total. The molecule has 0 saturated carbocycles. The van der Waals surface area contributed by atoms with Gasteiger partial charge in [-0.25, -0.2) is 4.68 Å². The Hall–Kier alpha value is -3.26. The first-order chi connectivity index (χ1) is 14.8. The average molecular weight is 438 g/mol. The lowest BCUT2D eigenvalue weighted by molar-refractivity contribution is -0.116. The minimum atomic E-state index is -0.212. The summed E-state index contributed by atoms with van der Waals surface area (Å²) in [7, 11) is 0. The van der Waals surface area contributed by atoms with Crippen molar-refractivity contribution in [2.75, 3.05) is 5.32 Å². The van der Waals surface area contributed by atoms with Gasteiger partial charge in [0.05, 0.1) is 6.54 Å². The average Bonchev–Trinajstić information content (AvgIpc) is 3.03. The van der Waals surface area contributed by atoms with Crippen LogP contribution in [-0.4, -0.2) is 26.2 Å². The van der Waals surface area contributed by atoms with E-state index < -0.39 is 0 Å². The highest BCUT2D eigenvalue weighted by Crippen LogP contribution is 2.14. The van der Waals surface area contributed by atoms with Gasteiger partial charge in [0.2, 0.25) is 5.91 Å². The summed E-state index contributed by atoms with van der Waals surface area (Å²) < 4.78 is 3.75. The van der Waals surface area contributed by atoms with E-state index in [1.54, 1.807) is 6.07 Å². The third-order valence-corrected chi connectivity index (χ3v) is 5.63. The van der Waals surface area contributed by atoms with Gasteiger partial charge >= 0.3 is 0 Å². The maximum Gasteiger partial charge on any atom is 0.251 e. The van der Waals surface area contributed by atoms with Crippen LogP contribution in [-0.2, 0) is 24.4 Å². The number of rotatable bonds is 7. The molecule has 3 rings (SSSR count). The monoisotopic (exact) mass is 437 g/mol. The van der Waals surface area contributed by atoms with Gasteiger partial charge in [-0.1, -0.05) is 24.3 Å². The third kappa shape index (κ3) is 5.27. The first-order valence-electron chi connectivity index (χ1n) is 10.2. The zero-order chi connectivity index (χ0) is 22.5. The molecule has 8 heteroatoms. The van der Waals surface area contributed by atoms with Crippen LogP contribution in [0.15, 0.2) is 42.5 Å². The van der Waals surface area contributed by atoms with E-state index in [1.807, 2.05) is 68.7 Å². The number of aromatic nitrogens is 3. The lowest BCUT2D eigenvalue weighted by Gasteiger charge is -2.08. The van der Waals surface area contributed by atoms with Crippen LogP contribution in [0, 0.1) is 25.5 Å². The topological polar surface area (TPSA) is 81.0 Å². The van der Waals surface area contributed by atoms with E-state index in [2.05, 4.69) is 15.7 Å². The maximum atomic E-state index is 12.5. The second-order valence-corrected chi connectivity index (χ2v) is 7.81. The van der Waals surface area contributed by atoms with Crippen molar-refractivity contribution >= 4 is 29.7 Å². The number of benzene rings is 2. The Labute approximate surface area is 187 Å². The molecule has 0 radical (unpaired) electrons. The van der Waals surface area contributed by atoms with E-state index in [9.17, 15) is 9.59 Å². The lowest BCUT2D eigenvalue weighted by Crippen LogP contribution is -2.25. The van der Waals surface area contributed by atoms with Gasteiger partial charge < -0.3 is 15.2 Å². The smallest absolute Gasteiger partial charge is 0.251 e. The van der Waals surface area contributed by atoms with Crippen LogP contribution in [0.4, 0.5) is 5.69 Å². The molecular weight excluding hydrogens is 410 g/mol. The molecule has 0 bridgehead atoms. The molecule has 162 valence electrons. The molecule has 1 heterocycles. The molecule has 2 amide bonds. The van der Waals surface area contributed by atoms with Gasteiger partial charge in [-0.3, -0.25) is 9.59 Å². The van der Waals surface area contributed by atoms with Gasteiger partial charge in [0, 0.05) is 17.8 Å². The van der Waals surface area contributed by atoms with Gasteiger partial charge in [0.15, 0.2) is 10.6 Å². The summed E-state index contributed by atoms with van der Waals surface area (Å²) in [6.45, 7) is 8.68. The Balaban J connectivity index is 1.70. The maximum absolute atomic E-state index is 12.5. The Bertz CT molecular complexity index is 1180. The molecule has 0 spiro atoms. The number of nitrogens with one attached hydrogen (secondary N) is 2. The summed E-state index contributed by atoms with van der Waals surface area (Å²) in [5.41, 5.74) is 4.54. The van der Waals surface area contributed by atoms with Crippen molar-refractivity contribution < 1.29 is 9.59 Å². The van der Waals surface area contributed by atoms with Crippen molar-refractivity contribution in [3.8, 4) is 0 Å². The number of anilines is 1. The minimum absolute atomic E-state index is 0.00248. The molecule has 1 aromatic heterocycles. The molecule has 0 aliphatic carbocycles. The van der Waals surface area contributed by atoms with E-state index >= 15 is 0 Å². The predicted octanol–water partition coefficient (Wildman–Crippen LogP) is 3.93. The zero-order valence-electron chi connectivity index (χ0n) is 18.2. The fourth-order valence-corrected chi connectivity index (χ4v) is 3.62. The number of aryl methyl sites for hydroxylation is 3. The van der Waals surface area contributed by atoms with Crippen LogP contribution in [0.2, 0.25) is 0 Å². The van der Waals surface area contributed by atoms with E-state index in [1.165, 1.54) is 10.2 Å². The van der Waals surface area contributed by atoms with Gasteiger partial charge in [-0.05, 0) is 74.8 Å². The van der Waals surface area contributed by atoms with Crippen LogP contribution in [0.5, 0.6) is 0 Å². The number of hydrogen-bond donors (Lipinski definition) is 2. The molecule has 0 atom stereocenters. The van der Waals surface area contributed by atoms with Crippen molar-refractivity contribution in [1.29, 1.82) is 0 Å². The largest absolute Gasteiger partial charge is 0.345 e. The Kier molecular flexibility index (Phi) is 7.02. The normalized spacial score (nSPS) is 10.7. The summed E-state index contributed by atoms with van der Waals surface area (Å²) in [5.74, 6) is 0.220. The van der Waals surface area contributed by atoms with Gasteiger partial charge in [0.25, 0.3) is 5.91 Å². The van der Waals surface area contributed by atoms with Gasteiger partial charge in [0.1, 0.15) is 6.54 Å². The summed E-state index contributed by atoms with van der Waals surface area (Å²) >= 11 is 5.50. The van der Waals surface area contributed by atoms with Crippen LogP contribution < -0.4 is 10.6 Å². The molecule has 0 aliphatic rings. The number of hydrogen-bond acceptors (Lipinski definition) is 4. The fraction of sp³-hybridized carbons (Fsp3) is 0.304. The number of carbonyl (C=O) groups excluding carboxylic acids is 2. The Morgan fingerprint density at radius 1 is 1.03 bits per heavy atom. The number of amides is 2. The van der Waals surface area contributed by atoms with E-state index in [0.717, 1.165) is 16.8 Å². The molecule has 2 N–H and O–H groups in total. The van der Waals surface area contributed by atoms with Crippen molar-refractivity contribution in [3.05, 3.63) is 75.3 Å². The van der Waals surface area contributed by atoms with E-state index in [-0.39, 0.29) is 24.9 Å². The van der Waals surface area contributed by atoms with Crippen LogP contribution >= 0.6 is 12.2 Å². The predicted molar refractivity (Wildman–Crippen MR) is 124 cm³/mol. The molecule has 31 heavy (non-hydrogen) atoms. The van der Waals surface area contributed by atoms with Gasteiger partial charge in [-0.2, -0.15) is 5.10 Å². The van der Waals surface area contributed by atoms with Crippen molar-refractivity contribution in [2.45, 2.75) is 47.3 Å². The molecular formula is C23H27N5O2S. The summed E-state index contributed by atoms with van der Waals surface area (Å²) in [6.07, 6.45) is 0. The van der Waals surface area contributed by atoms with Gasteiger partial charge in [-0.15, -0.1) is 0 Å². The molecule has 3 aromatic rings. The quantitative estimate of drug-likeness (QED) is 0.549. The van der Waals surface area contributed by atoms with Crippen molar-refractivity contribution in [3.63, 3.8) is 0 Å². The molecule has 0 saturated heterocycles. The standard InChI is InChI=1S/C23H27N5O2S/c1-5-27-20(13-24-22(30)19-9-7-6-8-16(19)3)26-28(23(27)31)14-21(29)25-18-11-10-15(2)17(4)12-18/h6-12H,5,13-14H2,1-4H3,(H,24,30)(H,25,29). The highest BCUT2D eigenvalue weighted by atomic mass is 32.1. The SMILES string of the molecule is CCn1c(CNC(=O)c2ccccc2C)nn(CC(=O)Nc2ccc(C)c(C)c2)c1=S. The number of carbonyl (C=O) groups is 2. The summed E-state index contributed by atoms with van der Waals surface area (Å²) in [5, 5.41) is 10.3. The summed E-state index contributed by atoms with van der Waals surface area (Å²) in [6, 6.07) is 13.2. The number of nitrogens with zero attached hydrogens (tertiary/aromatic N) is 3. The highest BCUT2D eigenvalue weighted by molar-refractivity contribution is 7.71. The Morgan fingerprint density at radius 2 is 1.77 bits per heavy atom. The highest BCUT2D eigenvalue weighted by Gasteiger charge is 2.15. The van der Waals surface area contributed by atoms with Crippen LogP contribution in [0.1, 0.15) is 39.8 Å². The second-order valence-electron chi connectivity index (χ2n) is 7.45. The van der Waals surface area contributed by atoms with E-state index in [4.69, 9.17) is 12.2 Å². The first kappa shape index (κ1) is 22.4. The lowest BCUT2D eigenvalue weighted by atomic mass is 10.1. The Morgan fingerprint density at radius 3 is 2.45 bits per heavy atom. The molecule has 0 unspecified atom stereocenters. The summed E-state index contributed by atoms with van der Waals surface area (Å²) in [4.78, 5) is 25.0. The zero-order valence-corrected chi connectivity index (χ0v) is 19.0. The minimum Gasteiger partial charge on any atom is -0.345 e. The molecule has 0 aliphatic heterocycles. The van der Waals surface area contributed by atoms with E-state index in [0.29, 0.717) is 22.7 Å². The first-order valence-corrected chi connectivity index (χ1v) is 10.6. The van der Waals surface area contributed by atoms with Crippen molar-refractivity contribution in [2.24, 2.45) is 0 Å². The third-order valence-electron chi connectivity index (χ3n) is 5.20. The molecule has 2 aromatic carbocycles. The second kappa shape index (κ2) is 9.70. The fourth-order valence-electron chi connectivity index (χ4n) is 3.28. The molecule has 0 fully saturated rings. The van der Waals surface area contributed by atoms with Crippen LogP contribution in [0.3, 0.4) is 0 Å².